The van der Waals surface area contributed by atoms with E-state index in [0.29, 0.717) is 5.16 Å². The number of rotatable bonds is 6. The maximum atomic E-state index is 11.7. The number of amides is 2. The summed E-state index contributed by atoms with van der Waals surface area (Å²) in [6, 6.07) is 11.7. The minimum absolute atomic E-state index is 0.0279. The van der Waals surface area contributed by atoms with Crippen molar-refractivity contribution in [1.82, 2.24) is 20.6 Å². The molecule has 1 aromatic carbocycles. The zero-order chi connectivity index (χ0) is 16.7. The highest BCUT2D eigenvalue weighted by Crippen LogP contribution is 2.21. The molecule has 0 aliphatic heterocycles. The van der Waals surface area contributed by atoms with Crippen molar-refractivity contribution in [2.45, 2.75) is 12.1 Å². The van der Waals surface area contributed by atoms with Gasteiger partial charge >= 0.3 is 0 Å². The normalized spacial score (nSPS) is 10.2. The van der Waals surface area contributed by atoms with Gasteiger partial charge in [0.25, 0.3) is 0 Å². The van der Waals surface area contributed by atoms with Crippen molar-refractivity contribution in [3.05, 3.63) is 42.1 Å². The van der Waals surface area contributed by atoms with Crippen molar-refractivity contribution < 1.29 is 9.59 Å². The second-order valence-corrected chi connectivity index (χ2v) is 5.72. The summed E-state index contributed by atoms with van der Waals surface area (Å²) >= 11 is 1.24. The number of aromatic nitrogens is 2. The lowest BCUT2D eigenvalue weighted by Crippen LogP contribution is -2.36. The predicted molar refractivity (Wildman–Crippen MR) is 90.0 cm³/mol. The third kappa shape index (κ3) is 5.37. The van der Waals surface area contributed by atoms with Gasteiger partial charge in [0.1, 0.15) is 0 Å². The summed E-state index contributed by atoms with van der Waals surface area (Å²) in [6.45, 7) is 1.86. The molecule has 0 radical (unpaired) electrons. The van der Waals surface area contributed by atoms with Gasteiger partial charge in [-0.25, -0.2) is 9.97 Å². The van der Waals surface area contributed by atoms with Crippen molar-refractivity contribution >= 4 is 23.6 Å². The quantitative estimate of drug-likeness (QED) is 0.618. The Balaban J connectivity index is 1.99. The number of hydrogen-bond acceptors (Lipinski definition) is 5. The van der Waals surface area contributed by atoms with Crippen LogP contribution in [-0.4, -0.2) is 41.1 Å². The molecule has 0 bridgehead atoms. The summed E-state index contributed by atoms with van der Waals surface area (Å²) in [7, 11) is 1.52. The lowest BCUT2D eigenvalue weighted by molar-refractivity contribution is -0.124. The first kappa shape index (κ1) is 17.0. The largest absolute Gasteiger partial charge is 0.358 e. The summed E-state index contributed by atoms with van der Waals surface area (Å²) in [5.41, 5.74) is 2.67. The number of aryl methyl sites for hydroxylation is 1. The molecule has 0 atom stereocenters. The fourth-order valence-corrected chi connectivity index (χ4v) is 2.54. The molecule has 1 aromatic heterocycles. The number of hydrogen-bond donors (Lipinski definition) is 2. The molecule has 0 spiro atoms. The summed E-state index contributed by atoms with van der Waals surface area (Å²) in [6.07, 6.45) is 0. The SMILES string of the molecule is CNC(=O)CNC(=O)CSc1nc(C)cc(-c2ccccc2)n1. The van der Waals surface area contributed by atoms with Gasteiger partial charge in [-0.15, -0.1) is 0 Å². The van der Waals surface area contributed by atoms with Gasteiger partial charge in [-0.3, -0.25) is 9.59 Å². The molecule has 2 aromatic rings. The first-order valence-corrected chi connectivity index (χ1v) is 8.08. The fraction of sp³-hybridized carbons (Fsp3) is 0.250. The van der Waals surface area contributed by atoms with Crippen LogP contribution in [0.1, 0.15) is 5.69 Å². The van der Waals surface area contributed by atoms with Crippen molar-refractivity contribution in [2.75, 3.05) is 19.3 Å². The molecular formula is C16H18N4O2S. The fourth-order valence-electron chi connectivity index (χ4n) is 1.81. The Labute approximate surface area is 139 Å². The number of benzene rings is 1. The lowest BCUT2D eigenvalue weighted by Gasteiger charge is -2.06. The first-order valence-electron chi connectivity index (χ1n) is 7.09. The second-order valence-electron chi connectivity index (χ2n) is 4.78. The van der Waals surface area contributed by atoms with Crippen LogP contribution < -0.4 is 10.6 Å². The van der Waals surface area contributed by atoms with Gasteiger partial charge in [0, 0.05) is 18.3 Å². The van der Waals surface area contributed by atoms with Crippen LogP contribution in [0, 0.1) is 6.92 Å². The van der Waals surface area contributed by atoms with E-state index >= 15 is 0 Å². The van der Waals surface area contributed by atoms with Gasteiger partial charge in [-0.1, -0.05) is 42.1 Å². The summed E-state index contributed by atoms with van der Waals surface area (Å²) in [5.74, 6) is -0.305. The Hall–Kier alpha value is -2.41. The molecule has 1 heterocycles. The van der Waals surface area contributed by atoms with E-state index in [1.165, 1.54) is 18.8 Å². The van der Waals surface area contributed by atoms with Crippen LogP contribution in [-0.2, 0) is 9.59 Å². The van der Waals surface area contributed by atoms with Gasteiger partial charge in [0.2, 0.25) is 11.8 Å². The van der Waals surface area contributed by atoms with Gasteiger partial charge in [-0.05, 0) is 13.0 Å². The molecule has 0 aliphatic carbocycles. The molecule has 120 valence electrons. The Kier molecular flexibility index (Phi) is 6.10. The number of nitrogens with one attached hydrogen (secondary N) is 2. The maximum absolute atomic E-state index is 11.7. The van der Waals surface area contributed by atoms with Crippen LogP contribution in [0.15, 0.2) is 41.6 Å². The Bertz CT molecular complexity index is 692. The predicted octanol–water partition coefficient (Wildman–Crippen LogP) is 1.41. The van der Waals surface area contributed by atoms with Crippen molar-refractivity contribution in [2.24, 2.45) is 0 Å². The average molecular weight is 330 g/mol. The van der Waals surface area contributed by atoms with E-state index in [4.69, 9.17) is 0 Å². The van der Waals surface area contributed by atoms with Crippen molar-refractivity contribution in [3.63, 3.8) is 0 Å². The molecule has 0 saturated heterocycles. The molecule has 0 fully saturated rings. The van der Waals surface area contributed by atoms with E-state index in [1.807, 2.05) is 43.3 Å². The highest BCUT2D eigenvalue weighted by Gasteiger charge is 2.09. The topological polar surface area (TPSA) is 84.0 Å². The van der Waals surface area contributed by atoms with Crippen LogP contribution in [0.2, 0.25) is 0 Å². The smallest absolute Gasteiger partial charge is 0.239 e. The third-order valence-corrected chi connectivity index (χ3v) is 3.81. The number of thioether (sulfide) groups is 1. The molecule has 2 rings (SSSR count). The van der Waals surface area contributed by atoms with Crippen LogP contribution >= 0.6 is 11.8 Å². The van der Waals surface area contributed by atoms with Gasteiger partial charge in [0.15, 0.2) is 5.16 Å². The Morgan fingerprint density at radius 2 is 1.87 bits per heavy atom. The third-order valence-electron chi connectivity index (χ3n) is 2.96. The van der Waals surface area contributed by atoms with Crippen molar-refractivity contribution in [3.8, 4) is 11.3 Å². The van der Waals surface area contributed by atoms with Gasteiger partial charge < -0.3 is 10.6 Å². The standard InChI is InChI=1S/C16H18N4O2S/c1-11-8-13(12-6-4-3-5-7-12)20-16(19-11)23-10-15(22)18-9-14(21)17-2/h3-8H,9-10H2,1-2H3,(H,17,21)(H,18,22). The maximum Gasteiger partial charge on any atom is 0.239 e. The average Bonchev–Trinajstić information content (AvgIpc) is 2.58. The second kappa shape index (κ2) is 8.28. The highest BCUT2D eigenvalue weighted by atomic mass is 32.2. The Morgan fingerprint density at radius 3 is 2.57 bits per heavy atom. The zero-order valence-electron chi connectivity index (χ0n) is 13.0. The number of nitrogens with zero attached hydrogens (tertiary/aromatic N) is 2. The molecule has 0 aliphatic rings. The van der Waals surface area contributed by atoms with Crippen molar-refractivity contribution in [1.29, 1.82) is 0 Å². The number of carbonyl (C=O) groups excluding carboxylic acids is 2. The molecule has 6 nitrogen and oxygen atoms in total. The van der Waals surface area contributed by atoms with E-state index in [2.05, 4.69) is 20.6 Å². The molecule has 7 heteroatoms. The minimum Gasteiger partial charge on any atom is -0.358 e. The van der Waals surface area contributed by atoms with Crippen LogP contribution in [0.25, 0.3) is 11.3 Å². The zero-order valence-corrected chi connectivity index (χ0v) is 13.8. The molecule has 23 heavy (non-hydrogen) atoms. The van der Waals surface area contributed by atoms with E-state index in [1.54, 1.807) is 0 Å². The van der Waals surface area contributed by atoms with Gasteiger partial charge in [0.05, 0.1) is 18.0 Å². The number of carbonyl (C=O) groups is 2. The Morgan fingerprint density at radius 1 is 1.13 bits per heavy atom. The summed E-state index contributed by atoms with van der Waals surface area (Å²) < 4.78 is 0. The number of likely N-dealkylation sites (N-methyl/N-ethyl adjacent to an activating group) is 1. The van der Waals surface area contributed by atoms with E-state index < -0.39 is 0 Å². The summed E-state index contributed by atoms with van der Waals surface area (Å²) in [5, 5.41) is 5.52. The molecule has 0 unspecified atom stereocenters. The van der Waals surface area contributed by atoms with Gasteiger partial charge in [-0.2, -0.15) is 0 Å². The monoisotopic (exact) mass is 330 g/mol. The van der Waals surface area contributed by atoms with E-state index in [0.717, 1.165) is 17.0 Å². The molecular weight excluding hydrogens is 312 g/mol. The van der Waals surface area contributed by atoms with E-state index in [-0.39, 0.29) is 24.1 Å². The lowest BCUT2D eigenvalue weighted by atomic mass is 10.1. The van der Waals surface area contributed by atoms with E-state index in [9.17, 15) is 9.59 Å². The first-order chi connectivity index (χ1) is 11.1. The summed E-state index contributed by atoms with van der Waals surface area (Å²) in [4.78, 5) is 31.6. The van der Waals surface area contributed by atoms with Crippen LogP contribution in [0.5, 0.6) is 0 Å². The van der Waals surface area contributed by atoms with Crippen LogP contribution in [0.4, 0.5) is 0 Å². The minimum atomic E-state index is -0.235. The highest BCUT2D eigenvalue weighted by molar-refractivity contribution is 7.99. The molecule has 2 N–H and O–H groups in total. The molecule has 2 amide bonds. The van der Waals surface area contributed by atoms with Crippen LogP contribution in [0.3, 0.4) is 0 Å². The molecule has 0 saturated carbocycles.